The van der Waals surface area contributed by atoms with Gasteiger partial charge in [-0.3, -0.25) is 14.9 Å². The molecule has 6 aromatic heterocycles. The second kappa shape index (κ2) is 33.0. The molecule has 1 N–H and O–H groups in total. The lowest BCUT2D eigenvalue weighted by Crippen LogP contribution is -2.45. The Labute approximate surface area is 568 Å². The molecule has 20 nitrogen and oxygen atoms in total. The summed E-state index contributed by atoms with van der Waals surface area (Å²) in [4.78, 5) is 39.7. The predicted octanol–water partition coefficient (Wildman–Crippen LogP) is 14.9. The van der Waals surface area contributed by atoms with E-state index in [1.54, 1.807) is 0 Å². The van der Waals surface area contributed by atoms with Gasteiger partial charge in [-0.05, 0) is 94.9 Å². The molecule has 10 rings (SSSR count). The fraction of sp³-hybridized carbons (Fsp3) is 0.563. The number of para-hydroxylation sites is 2. The molecule has 0 radical (unpaired) electrons. The molecule has 0 unspecified atom stereocenters. The molecule has 8 heterocycles. The zero-order chi connectivity index (χ0) is 68.0. The SMILES string of the molecule is CC(C)(C)OC(=O)N(Cc1cc(N(COCC[Si](C)(C)C)COCC[Si](C)(C)C)n2ncc(-c3cnc4ccccc4c3)c2n1)C1CCOCC1.C[Si](C)(C)CCOCN(COCC[Si](C)(C)C)c1cc(CNC2CCOCC2)nc2c(-c3cnc4ccccc4c3)cnn12. The first-order valence-corrected chi connectivity index (χ1v) is 49.1. The van der Waals surface area contributed by atoms with Gasteiger partial charge in [-0.25, -0.2) is 14.8 Å². The van der Waals surface area contributed by atoms with Gasteiger partial charge < -0.3 is 48.3 Å². The van der Waals surface area contributed by atoms with Crippen LogP contribution in [-0.2, 0) is 46.2 Å². The number of fused-ring (bicyclic) bond motifs is 4. The number of nitrogens with one attached hydrogen (secondary N) is 1. The van der Waals surface area contributed by atoms with Crippen molar-refractivity contribution >= 4 is 83.1 Å². The van der Waals surface area contributed by atoms with E-state index in [2.05, 4.69) is 124 Å². The van der Waals surface area contributed by atoms with E-state index in [0.717, 1.165) is 149 Å². The Balaban J connectivity index is 0.000000226. The number of hydrogen-bond donors (Lipinski definition) is 1. The van der Waals surface area contributed by atoms with Crippen LogP contribution in [0, 0.1) is 0 Å². The largest absolute Gasteiger partial charge is 0.444 e. The van der Waals surface area contributed by atoms with E-state index < -0.39 is 37.9 Å². The van der Waals surface area contributed by atoms with Crippen LogP contribution < -0.4 is 15.1 Å². The van der Waals surface area contributed by atoms with Crippen molar-refractivity contribution < 1.29 is 38.0 Å². The summed E-state index contributed by atoms with van der Waals surface area (Å²) >= 11 is 0. The number of rotatable bonds is 30. The molecule has 1 amide bonds. The lowest BCUT2D eigenvalue weighted by Gasteiger charge is -2.35. The Morgan fingerprint density at radius 2 is 0.947 bits per heavy atom. The third-order valence-corrected chi connectivity index (χ3v) is 23.6. The van der Waals surface area contributed by atoms with Gasteiger partial charge >= 0.3 is 6.09 Å². The van der Waals surface area contributed by atoms with Crippen LogP contribution in [0.25, 0.3) is 55.4 Å². The normalized spacial score (nSPS) is 14.8. The lowest BCUT2D eigenvalue weighted by atomic mass is 10.1. The molecule has 2 aromatic carbocycles. The molecule has 24 heteroatoms. The average molecular weight is 1370 g/mol. The number of carbonyl (C=O) groups is 1. The maximum Gasteiger partial charge on any atom is 0.410 e. The highest BCUT2D eigenvalue weighted by molar-refractivity contribution is 6.77. The quantitative estimate of drug-likeness (QED) is 0.0254. The smallest absolute Gasteiger partial charge is 0.410 e. The van der Waals surface area contributed by atoms with Crippen LogP contribution in [0.4, 0.5) is 16.4 Å². The van der Waals surface area contributed by atoms with Gasteiger partial charge in [0, 0.05) is 161 Å². The molecule has 95 heavy (non-hydrogen) atoms. The molecular weight excluding hydrogens is 1260 g/mol. The predicted molar refractivity (Wildman–Crippen MR) is 395 cm³/mol. The van der Waals surface area contributed by atoms with Crippen molar-refractivity contribution in [2.75, 3.05) is 89.6 Å². The standard InChI is InChI=1S/C38H58N6O5Si2.C33H50N6O3Si2/c1-38(2,3)49-37(45)43(32-14-16-46-17-15-32)26-31-23-35(42(27-47-18-20-50(4,5)6)28-48-19-21-51(7,8)9)44-36(41-31)33(25-40-44)30-22-29-12-10-11-13-34(29)39-24-30;1-43(2,3)17-15-41-24-38(25-42-16-18-44(4,5)6)32-20-29(22-34-28-11-13-40-14-12-28)37-33-30(23-36-39(32)33)27-19-26-9-7-8-10-31(26)35-21-27/h10-13,22-25,32H,14-21,26-28H2,1-9H3;7-10,19-21,23,28,34H,11-18,22,24-25H2,1-6H3. The summed E-state index contributed by atoms with van der Waals surface area (Å²) in [6, 6.07) is 29.5. The van der Waals surface area contributed by atoms with E-state index in [-0.39, 0.29) is 18.7 Å². The monoisotopic (exact) mass is 1370 g/mol. The summed E-state index contributed by atoms with van der Waals surface area (Å²) in [5, 5.41) is 15.6. The molecule has 0 bridgehead atoms. The second-order valence-electron chi connectivity index (χ2n) is 31.3. The number of pyridine rings is 2. The Morgan fingerprint density at radius 1 is 0.547 bits per heavy atom. The molecule has 0 spiro atoms. The van der Waals surface area contributed by atoms with Crippen molar-refractivity contribution in [3.05, 3.63) is 109 Å². The highest BCUT2D eigenvalue weighted by Gasteiger charge is 2.32. The maximum atomic E-state index is 13.8. The van der Waals surface area contributed by atoms with Crippen LogP contribution >= 0.6 is 0 Å². The number of ether oxygens (including phenoxy) is 7. The molecule has 2 fully saturated rings. The summed E-state index contributed by atoms with van der Waals surface area (Å²) in [6.07, 6.45) is 10.7. The first kappa shape index (κ1) is 73.2. The van der Waals surface area contributed by atoms with Gasteiger partial charge in [0.25, 0.3) is 0 Å². The summed E-state index contributed by atoms with van der Waals surface area (Å²) in [7, 11) is -5.02. The van der Waals surface area contributed by atoms with Crippen molar-refractivity contribution in [1.29, 1.82) is 0 Å². The molecule has 2 aliphatic rings. The highest BCUT2D eigenvalue weighted by Crippen LogP contribution is 2.33. The number of carbonyl (C=O) groups excluding carboxylic acids is 1. The fourth-order valence-electron chi connectivity index (χ4n) is 11.0. The summed E-state index contributed by atoms with van der Waals surface area (Å²) < 4.78 is 46.3. The number of anilines is 2. The van der Waals surface area contributed by atoms with E-state index in [9.17, 15) is 4.79 Å². The van der Waals surface area contributed by atoms with Gasteiger partial charge in [0.15, 0.2) is 11.3 Å². The molecule has 8 aromatic rings. The van der Waals surface area contributed by atoms with E-state index in [1.165, 1.54) is 0 Å². The minimum atomic E-state index is -1.29. The molecule has 0 saturated carbocycles. The number of nitrogens with zero attached hydrogens (tertiary/aromatic N) is 11. The topological polar surface area (TPSA) is 190 Å². The Morgan fingerprint density at radius 3 is 1.37 bits per heavy atom. The van der Waals surface area contributed by atoms with Gasteiger partial charge in [-0.2, -0.15) is 19.2 Å². The molecular formula is C71H108N12O8Si4. The molecule has 0 aliphatic carbocycles. The second-order valence-corrected chi connectivity index (χ2v) is 53.8. The fourth-order valence-corrected chi connectivity index (χ4v) is 14.0. The van der Waals surface area contributed by atoms with E-state index >= 15 is 0 Å². The zero-order valence-electron chi connectivity index (χ0n) is 59.6. The third-order valence-electron chi connectivity index (χ3n) is 16.8. The number of benzene rings is 2. The van der Waals surface area contributed by atoms with Crippen LogP contribution in [0.2, 0.25) is 103 Å². The Kier molecular flexibility index (Phi) is 25.4. The van der Waals surface area contributed by atoms with Crippen LogP contribution in [-0.4, -0.2) is 180 Å². The van der Waals surface area contributed by atoms with Crippen molar-refractivity contribution in [2.24, 2.45) is 0 Å². The van der Waals surface area contributed by atoms with Crippen molar-refractivity contribution in [2.45, 2.75) is 180 Å². The first-order chi connectivity index (χ1) is 45.1. The first-order valence-electron chi connectivity index (χ1n) is 34.3. The molecule has 516 valence electrons. The third kappa shape index (κ3) is 22.5. The minimum Gasteiger partial charge on any atom is -0.444 e. The molecule has 2 saturated heterocycles. The highest BCUT2D eigenvalue weighted by atomic mass is 28.3. The molecule has 0 atom stereocenters. The van der Waals surface area contributed by atoms with Crippen LogP contribution in [0.3, 0.4) is 0 Å². The zero-order valence-corrected chi connectivity index (χ0v) is 63.6. The number of aromatic nitrogens is 8. The van der Waals surface area contributed by atoms with Crippen molar-refractivity contribution in [1.82, 2.24) is 49.4 Å². The Hall–Kier alpha value is -6.04. The van der Waals surface area contributed by atoms with Gasteiger partial charge in [0.2, 0.25) is 0 Å². The minimum absolute atomic E-state index is 0.0324. The van der Waals surface area contributed by atoms with Gasteiger partial charge in [0.05, 0.1) is 41.4 Å². The maximum absolute atomic E-state index is 13.8. The van der Waals surface area contributed by atoms with E-state index in [1.807, 2.05) is 102 Å². The summed E-state index contributed by atoms with van der Waals surface area (Å²) in [5.41, 5.74) is 8.14. The van der Waals surface area contributed by atoms with Gasteiger partial charge in [-0.1, -0.05) is 115 Å². The number of hydrogen-bond acceptors (Lipinski definition) is 17. The number of amides is 1. The van der Waals surface area contributed by atoms with Crippen LogP contribution in [0.5, 0.6) is 0 Å². The lowest BCUT2D eigenvalue weighted by molar-refractivity contribution is -0.00843. The van der Waals surface area contributed by atoms with Gasteiger partial charge in [-0.15, -0.1) is 0 Å². The van der Waals surface area contributed by atoms with Crippen LogP contribution in [0.1, 0.15) is 57.8 Å². The Bertz CT molecular complexity index is 3710. The van der Waals surface area contributed by atoms with E-state index in [0.29, 0.717) is 71.6 Å². The summed E-state index contributed by atoms with van der Waals surface area (Å²) in [5.74, 6) is 1.70. The summed E-state index contributed by atoms with van der Waals surface area (Å²) in [6.45, 7) is 42.2. The van der Waals surface area contributed by atoms with Crippen LogP contribution in [0.15, 0.2) is 97.6 Å². The van der Waals surface area contributed by atoms with E-state index in [4.69, 9.17) is 63.3 Å². The molecule has 2 aliphatic heterocycles. The average Bonchev–Trinajstić information content (AvgIpc) is 1.67. The van der Waals surface area contributed by atoms with Crippen molar-refractivity contribution in [3.8, 4) is 22.3 Å². The van der Waals surface area contributed by atoms with Gasteiger partial charge in [0.1, 0.15) is 44.2 Å². The van der Waals surface area contributed by atoms with Crippen molar-refractivity contribution in [3.63, 3.8) is 0 Å².